The van der Waals surface area contributed by atoms with Crippen molar-refractivity contribution in [3.05, 3.63) is 93.0 Å². The highest BCUT2D eigenvalue weighted by atomic mass is 79.9. The van der Waals surface area contributed by atoms with Crippen molar-refractivity contribution in [3.63, 3.8) is 0 Å². The van der Waals surface area contributed by atoms with Gasteiger partial charge in [0, 0.05) is 28.1 Å². The third kappa shape index (κ3) is 7.79. The summed E-state index contributed by atoms with van der Waals surface area (Å²) >= 11 is 4.83. The molecule has 222 valence electrons. The first-order valence-electron chi connectivity index (χ1n) is 13.2. The van der Waals surface area contributed by atoms with Crippen molar-refractivity contribution in [3.8, 4) is 17.0 Å². The number of fused-ring (bicyclic) bond motifs is 1. The predicted octanol–water partition coefficient (Wildman–Crippen LogP) is 7.26. The van der Waals surface area contributed by atoms with Gasteiger partial charge in [-0.25, -0.2) is 23.7 Å². The number of hydrogen-bond donors (Lipinski definition) is 2. The summed E-state index contributed by atoms with van der Waals surface area (Å²) < 4.78 is 58.3. The normalized spacial score (nSPS) is 11.2. The van der Waals surface area contributed by atoms with Gasteiger partial charge in [0.1, 0.15) is 46.1 Å². The molecule has 0 unspecified atom stereocenters. The van der Waals surface area contributed by atoms with Crippen molar-refractivity contribution in [2.24, 2.45) is 5.92 Å². The minimum Gasteiger partial charge on any atom is -0.488 e. The van der Waals surface area contributed by atoms with Crippen LogP contribution < -0.4 is 15.4 Å². The van der Waals surface area contributed by atoms with Crippen LogP contribution in [0, 0.1) is 17.6 Å². The lowest BCUT2D eigenvalue weighted by Crippen LogP contribution is -2.25. The Hall–Kier alpha value is -3.78. The van der Waals surface area contributed by atoms with E-state index in [1.807, 2.05) is 26.0 Å². The summed E-state index contributed by atoms with van der Waals surface area (Å²) in [5, 5.41) is 9.14. The van der Waals surface area contributed by atoms with Gasteiger partial charge < -0.3 is 10.1 Å². The van der Waals surface area contributed by atoms with Gasteiger partial charge in [0.25, 0.3) is 0 Å². The Bertz CT molecular complexity index is 1920. The molecule has 0 amide bonds. The third-order valence-corrected chi connectivity index (χ3v) is 8.44. The van der Waals surface area contributed by atoms with E-state index in [2.05, 4.69) is 41.5 Å². The number of aromatic nitrogens is 3. The first kappa shape index (κ1) is 30.7. The van der Waals surface area contributed by atoms with Gasteiger partial charge in [0.2, 0.25) is 10.3 Å². The molecule has 0 spiro atoms. The minimum absolute atomic E-state index is 0.170. The smallest absolute Gasteiger partial charge is 0.228 e. The zero-order valence-corrected chi connectivity index (χ0v) is 26.3. The SMILES string of the molecule is CC(C)CC(NCc1nc(-c2cc3c(Nc4ccc(OCc5cccc(F)c5)c(Br)c4)ncnc3cc2F)cs1)=S(=O)=O. The van der Waals surface area contributed by atoms with Gasteiger partial charge in [-0.1, -0.05) is 26.0 Å². The summed E-state index contributed by atoms with van der Waals surface area (Å²) in [7, 11) is -2.35. The van der Waals surface area contributed by atoms with Gasteiger partial charge in [0.15, 0.2) is 0 Å². The zero-order valence-electron chi connectivity index (χ0n) is 23.1. The number of benzene rings is 3. The summed E-state index contributed by atoms with van der Waals surface area (Å²) in [5.41, 5.74) is 2.51. The average Bonchev–Trinajstić information content (AvgIpc) is 3.43. The van der Waals surface area contributed by atoms with Gasteiger partial charge >= 0.3 is 0 Å². The number of hydrogen-bond acceptors (Lipinski definition) is 8. The lowest BCUT2D eigenvalue weighted by Gasteiger charge is -2.13. The van der Waals surface area contributed by atoms with E-state index >= 15 is 4.39 Å². The second-order valence-corrected chi connectivity index (χ2v) is 12.8. The van der Waals surface area contributed by atoms with E-state index in [0.29, 0.717) is 55.3 Å². The molecule has 0 atom stereocenters. The van der Waals surface area contributed by atoms with Crippen LogP contribution in [0.1, 0.15) is 30.8 Å². The molecule has 0 aliphatic heterocycles. The molecule has 8 nitrogen and oxygen atoms in total. The molecule has 43 heavy (non-hydrogen) atoms. The van der Waals surface area contributed by atoms with E-state index < -0.39 is 16.1 Å². The second-order valence-electron chi connectivity index (χ2n) is 10.00. The number of nitrogens with zero attached hydrogens (tertiary/aromatic N) is 3. The molecule has 5 rings (SSSR count). The predicted molar refractivity (Wildman–Crippen MR) is 169 cm³/mol. The van der Waals surface area contributed by atoms with Gasteiger partial charge in [-0.2, -0.15) is 8.42 Å². The van der Waals surface area contributed by atoms with Crippen LogP contribution in [-0.2, 0) is 23.4 Å². The van der Waals surface area contributed by atoms with Crippen LogP contribution in [-0.4, -0.2) is 28.4 Å². The Morgan fingerprint density at radius 3 is 2.67 bits per heavy atom. The number of rotatable bonds is 10. The Balaban J connectivity index is 1.35. The number of ether oxygens (including phenoxy) is 1. The molecule has 0 aliphatic carbocycles. The van der Waals surface area contributed by atoms with E-state index in [4.69, 9.17) is 4.74 Å². The van der Waals surface area contributed by atoms with Crippen LogP contribution in [0.2, 0.25) is 0 Å². The monoisotopic (exact) mass is 685 g/mol. The number of thiazole rings is 1. The molecule has 0 aliphatic rings. The maximum Gasteiger partial charge on any atom is 0.228 e. The lowest BCUT2D eigenvalue weighted by molar-refractivity contribution is 0.303. The summed E-state index contributed by atoms with van der Waals surface area (Å²) in [6.45, 7) is 4.29. The van der Waals surface area contributed by atoms with Crippen LogP contribution >= 0.6 is 27.3 Å². The topological polar surface area (TPSA) is 106 Å². The first-order chi connectivity index (χ1) is 20.7. The Labute approximate surface area is 260 Å². The summed E-state index contributed by atoms with van der Waals surface area (Å²) in [6.07, 6.45) is 1.75. The molecule has 0 saturated heterocycles. The number of halogens is 3. The number of anilines is 2. The summed E-state index contributed by atoms with van der Waals surface area (Å²) in [5.74, 6) is 0.405. The first-order valence-corrected chi connectivity index (χ1v) is 15.9. The molecule has 2 heterocycles. The summed E-state index contributed by atoms with van der Waals surface area (Å²) in [4.78, 5) is 13.4. The van der Waals surface area contributed by atoms with Crippen molar-refractivity contribution >= 4 is 65.0 Å². The highest BCUT2D eigenvalue weighted by molar-refractivity contribution is 9.10. The Morgan fingerprint density at radius 1 is 1.09 bits per heavy atom. The van der Waals surface area contributed by atoms with E-state index in [0.717, 1.165) is 0 Å². The maximum absolute atomic E-state index is 15.2. The molecule has 0 saturated carbocycles. The van der Waals surface area contributed by atoms with E-state index in [9.17, 15) is 12.8 Å². The van der Waals surface area contributed by atoms with Crippen molar-refractivity contribution in [2.75, 3.05) is 5.32 Å². The van der Waals surface area contributed by atoms with Crippen LogP contribution in [0.15, 0.2) is 70.8 Å². The van der Waals surface area contributed by atoms with Crippen molar-refractivity contribution in [2.45, 2.75) is 33.4 Å². The average molecular weight is 687 g/mol. The molecule has 2 N–H and O–H groups in total. The van der Waals surface area contributed by atoms with Crippen molar-refractivity contribution in [1.82, 2.24) is 20.3 Å². The molecule has 5 aromatic rings. The zero-order chi connectivity index (χ0) is 30.5. The molecular weight excluding hydrogens is 660 g/mol. The van der Waals surface area contributed by atoms with Crippen LogP contribution in [0.4, 0.5) is 20.3 Å². The molecule has 13 heteroatoms. The fourth-order valence-electron chi connectivity index (χ4n) is 4.25. The summed E-state index contributed by atoms with van der Waals surface area (Å²) in [6, 6.07) is 14.6. The standard InChI is InChI=1S/C30H26BrF2N5O3S2/c1-17(2)8-29(43(39)40)34-13-28-38-26(15-42-28)21-11-22-25(12-24(21)33)35-16-36-30(22)37-20-6-7-27(23(31)10-20)41-14-18-4-3-5-19(32)9-18/h3-7,9-12,15-17,34H,8,13-14H2,1-2H3,(H,35,36,37). The fourth-order valence-corrected chi connectivity index (χ4v) is 6.14. The van der Waals surface area contributed by atoms with E-state index in [1.165, 1.54) is 35.9 Å². The van der Waals surface area contributed by atoms with Gasteiger partial charge in [-0.15, -0.1) is 11.3 Å². The van der Waals surface area contributed by atoms with Crippen molar-refractivity contribution < 1.29 is 21.9 Å². The Kier molecular flexibility index (Phi) is 9.76. The van der Waals surface area contributed by atoms with Gasteiger partial charge in [-0.3, -0.25) is 5.32 Å². The maximum atomic E-state index is 15.2. The molecule has 2 aromatic heterocycles. The minimum atomic E-state index is -2.35. The highest BCUT2D eigenvalue weighted by Gasteiger charge is 2.16. The quantitative estimate of drug-likeness (QED) is 0.148. The second kappa shape index (κ2) is 13.7. The third-order valence-electron chi connectivity index (χ3n) is 6.26. The molecule has 0 radical (unpaired) electrons. The molecular formula is C30H26BrF2N5O3S2. The lowest BCUT2D eigenvalue weighted by atomic mass is 10.1. The number of nitrogens with one attached hydrogen (secondary N) is 2. The fraction of sp³-hybridized carbons (Fsp3) is 0.200. The largest absolute Gasteiger partial charge is 0.488 e. The van der Waals surface area contributed by atoms with E-state index in [1.54, 1.807) is 29.6 Å². The Morgan fingerprint density at radius 2 is 1.93 bits per heavy atom. The van der Waals surface area contributed by atoms with Crippen LogP contribution in [0.25, 0.3) is 22.2 Å². The van der Waals surface area contributed by atoms with Crippen molar-refractivity contribution in [1.29, 1.82) is 0 Å². The van der Waals surface area contributed by atoms with Crippen LogP contribution in [0.5, 0.6) is 5.75 Å². The molecule has 0 fully saturated rings. The van der Waals surface area contributed by atoms with E-state index in [-0.39, 0.29) is 35.4 Å². The molecule has 0 bridgehead atoms. The van der Waals surface area contributed by atoms with Gasteiger partial charge in [0.05, 0.1) is 22.2 Å². The van der Waals surface area contributed by atoms with Gasteiger partial charge in [-0.05, 0) is 70.2 Å². The van der Waals surface area contributed by atoms with Crippen LogP contribution in [0.3, 0.4) is 0 Å². The highest BCUT2D eigenvalue weighted by Crippen LogP contribution is 2.34. The molecule has 3 aromatic carbocycles.